The molecule has 2 aromatic carbocycles. The number of ether oxygens (including phenoxy) is 1. The van der Waals surface area contributed by atoms with Crippen molar-refractivity contribution in [2.45, 2.75) is 13.8 Å². The third-order valence-corrected chi connectivity index (χ3v) is 3.43. The monoisotopic (exact) mass is 328 g/mol. The van der Waals surface area contributed by atoms with E-state index in [0.29, 0.717) is 11.7 Å². The Morgan fingerprint density at radius 2 is 1.65 bits per heavy atom. The quantitative estimate of drug-likeness (QED) is 0.677. The minimum Gasteiger partial charge on any atom is -0.439 e. The third kappa shape index (κ3) is 2.80. The van der Waals surface area contributed by atoms with E-state index in [-0.39, 0.29) is 0 Å². The van der Waals surface area contributed by atoms with Gasteiger partial charge in [-0.1, -0.05) is 28.1 Å². The van der Waals surface area contributed by atoms with Gasteiger partial charge in [-0.25, -0.2) is 4.98 Å². The fourth-order valence-corrected chi connectivity index (χ4v) is 2.49. The molecule has 1 heterocycles. The standard InChI is InChI=1S/C16H13BrN2O/c1-10-7-16(19-11(2)18-10)20-15-6-4-12-8-14(17)5-3-13(12)9-15/h3-9H,1-2H3. The highest BCUT2D eigenvalue weighted by Gasteiger charge is 2.03. The molecule has 0 atom stereocenters. The highest BCUT2D eigenvalue weighted by molar-refractivity contribution is 9.10. The number of fused-ring (bicyclic) bond motifs is 1. The molecule has 100 valence electrons. The van der Waals surface area contributed by atoms with Crippen LogP contribution in [-0.4, -0.2) is 9.97 Å². The van der Waals surface area contributed by atoms with E-state index in [2.05, 4.69) is 38.0 Å². The lowest BCUT2D eigenvalue weighted by atomic mass is 10.1. The molecule has 1 aromatic heterocycles. The molecule has 3 aromatic rings. The molecule has 4 heteroatoms. The fourth-order valence-electron chi connectivity index (χ4n) is 2.11. The van der Waals surface area contributed by atoms with E-state index in [0.717, 1.165) is 21.3 Å². The maximum atomic E-state index is 5.82. The Bertz CT molecular complexity index is 766. The molecule has 0 radical (unpaired) electrons. The van der Waals surface area contributed by atoms with Gasteiger partial charge in [0.1, 0.15) is 11.6 Å². The second-order valence-electron chi connectivity index (χ2n) is 4.65. The Hall–Kier alpha value is -1.94. The molecule has 0 bridgehead atoms. The first-order valence-electron chi connectivity index (χ1n) is 6.30. The van der Waals surface area contributed by atoms with E-state index in [1.165, 1.54) is 5.39 Å². The normalized spacial score (nSPS) is 10.8. The zero-order valence-corrected chi connectivity index (χ0v) is 12.8. The lowest BCUT2D eigenvalue weighted by molar-refractivity contribution is 0.459. The van der Waals surface area contributed by atoms with Crippen molar-refractivity contribution in [3.63, 3.8) is 0 Å². The number of hydrogen-bond acceptors (Lipinski definition) is 3. The largest absolute Gasteiger partial charge is 0.439 e. The summed E-state index contributed by atoms with van der Waals surface area (Å²) in [5, 5.41) is 2.30. The van der Waals surface area contributed by atoms with Gasteiger partial charge < -0.3 is 4.74 Å². The molecule has 0 spiro atoms. The van der Waals surface area contributed by atoms with Gasteiger partial charge >= 0.3 is 0 Å². The molecular formula is C16H13BrN2O. The van der Waals surface area contributed by atoms with E-state index >= 15 is 0 Å². The van der Waals surface area contributed by atoms with Crippen molar-refractivity contribution < 1.29 is 4.74 Å². The van der Waals surface area contributed by atoms with Gasteiger partial charge in [0.15, 0.2) is 0 Å². The van der Waals surface area contributed by atoms with Gasteiger partial charge in [-0.2, -0.15) is 4.98 Å². The van der Waals surface area contributed by atoms with E-state index < -0.39 is 0 Å². The molecule has 0 aliphatic rings. The summed E-state index contributed by atoms with van der Waals surface area (Å²) >= 11 is 3.47. The van der Waals surface area contributed by atoms with Crippen LogP contribution in [0.3, 0.4) is 0 Å². The average Bonchev–Trinajstić information content (AvgIpc) is 2.38. The first-order chi connectivity index (χ1) is 9.60. The maximum absolute atomic E-state index is 5.82. The second kappa shape index (κ2) is 5.21. The molecule has 3 rings (SSSR count). The van der Waals surface area contributed by atoms with Gasteiger partial charge in [0, 0.05) is 16.2 Å². The minimum absolute atomic E-state index is 0.575. The smallest absolute Gasteiger partial charge is 0.222 e. The van der Waals surface area contributed by atoms with Crippen molar-refractivity contribution in [2.24, 2.45) is 0 Å². The predicted octanol–water partition coefficient (Wildman–Crippen LogP) is 4.80. The van der Waals surface area contributed by atoms with Crippen LogP contribution in [0.15, 0.2) is 46.9 Å². The predicted molar refractivity (Wildman–Crippen MR) is 83.2 cm³/mol. The highest BCUT2D eigenvalue weighted by atomic mass is 79.9. The SMILES string of the molecule is Cc1cc(Oc2ccc3cc(Br)ccc3c2)nc(C)n1. The Labute approximate surface area is 125 Å². The lowest BCUT2D eigenvalue weighted by Gasteiger charge is -2.07. The van der Waals surface area contributed by atoms with Crippen molar-refractivity contribution in [3.8, 4) is 11.6 Å². The zero-order chi connectivity index (χ0) is 14.1. The average molecular weight is 329 g/mol. The van der Waals surface area contributed by atoms with Gasteiger partial charge in [0.05, 0.1) is 0 Å². The molecule has 0 fully saturated rings. The van der Waals surface area contributed by atoms with Crippen molar-refractivity contribution in [3.05, 3.63) is 58.5 Å². The van der Waals surface area contributed by atoms with E-state index in [1.54, 1.807) is 0 Å². The number of aromatic nitrogens is 2. The molecule has 0 aliphatic heterocycles. The lowest BCUT2D eigenvalue weighted by Crippen LogP contribution is -1.94. The molecule has 20 heavy (non-hydrogen) atoms. The first kappa shape index (κ1) is 13.1. The number of rotatable bonds is 2. The summed E-state index contributed by atoms with van der Waals surface area (Å²) in [6.07, 6.45) is 0. The summed E-state index contributed by atoms with van der Waals surface area (Å²) in [5.41, 5.74) is 0.900. The molecule has 0 amide bonds. The molecule has 3 nitrogen and oxygen atoms in total. The summed E-state index contributed by atoms with van der Waals surface area (Å²) in [4.78, 5) is 8.52. The van der Waals surface area contributed by atoms with Gasteiger partial charge in [0.25, 0.3) is 0 Å². The highest BCUT2D eigenvalue weighted by Crippen LogP contribution is 2.26. The van der Waals surface area contributed by atoms with Crippen LogP contribution in [-0.2, 0) is 0 Å². The van der Waals surface area contributed by atoms with Crippen LogP contribution in [0.1, 0.15) is 11.5 Å². The van der Waals surface area contributed by atoms with Crippen LogP contribution >= 0.6 is 15.9 Å². The van der Waals surface area contributed by atoms with Gasteiger partial charge in [-0.3, -0.25) is 0 Å². The Balaban J connectivity index is 1.96. The molecule has 0 saturated carbocycles. The molecule has 0 N–H and O–H groups in total. The van der Waals surface area contributed by atoms with Crippen molar-refractivity contribution in [1.82, 2.24) is 9.97 Å². The van der Waals surface area contributed by atoms with E-state index in [9.17, 15) is 0 Å². The molecule has 0 saturated heterocycles. The van der Waals surface area contributed by atoms with Gasteiger partial charge in [-0.05, 0) is 48.9 Å². The van der Waals surface area contributed by atoms with Crippen molar-refractivity contribution in [1.29, 1.82) is 0 Å². The topological polar surface area (TPSA) is 35.0 Å². The molecule has 0 aliphatic carbocycles. The van der Waals surface area contributed by atoms with Crippen LogP contribution in [0.25, 0.3) is 10.8 Å². The number of hydrogen-bond donors (Lipinski definition) is 0. The third-order valence-electron chi connectivity index (χ3n) is 2.94. The first-order valence-corrected chi connectivity index (χ1v) is 7.09. The van der Waals surface area contributed by atoms with Crippen LogP contribution in [0.4, 0.5) is 0 Å². The fraction of sp³-hybridized carbons (Fsp3) is 0.125. The number of nitrogens with zero attached hydrogens (tertiary/aromatic N) is 2. The van der Waals surface area contributed by atoms with Gasteiger partial charge in [0.2, 0.25) is 5.88 Å². The molecule has 0 unspecified atom stereocenters. The van der Waals surface area contributed by atoms with Crippen LogP contribution in [0, 0.1) is 13.8 Å². The Morgan fingerprint density at radius 3 is 2.45 bits per heavy atom. The minimum atomic E-state index is 0.575. The summed E-state index contributed by atoms with van der Waals surface area (Å²) < 4.78 is 6.89. The van der Waals surface area contributed by atoms with Gasteiger partial charge in [-0.15, -0.1) is 0 Å². The zero-order valence-electron chi connectivity index (χ0n) is 11.2. The van der Waals surface area contributed by atoms with Crippen LogP contribution in [0.2, 0.25) is 0 Å². The van der Waals surface area contributed by atoms with Crippen molar-refractivity contribution in [2.75, 3.05) is 0 Å². The van der Waals surface area contributed by atoms with E-state index in [4.69, 9.17) is 4.74 Å². The number of halogens is 1. The molecular weight excluding hydrogens is 316 g/mol. The Kier molecular flexibility index (Phi) is 3.40. The van der Waals surface area contributed by atoms with Crippen molar-refractivity contribution >= 4 is 26.7 Å². The maximum Gasteiger partial charge on any atom is 0.222 e. The van der Waals surface area contributed by atoms with Crippen LogP contribution in [0.5, 0.6) is 11.6 Å². The summed E-state index contributed by atoms with van der Waals surface area (Å²) in [6, 6.07) is 14.0. The van der Waals surface area contributed by atoms with Crippen LogP contribution < -0.4 is 4.74 Å². The summed E-state index contributed by atoms with van der Waals surface area (Å²) in [6.45, 7) is 3.79. The summed E-state index contributed by atoms with van der Waals surface area (Å²) in [5.74, 6) is 2.06. The van der Waals surface area contributed by atoms with E-state index in [1.807, 2.05) is 44.2 Å². The number of aryl methyl sites for hydroxylation is 2. The Morgan fingerprint density at radius 1 is 0.900 bits per heavy atom. The second-order valence-corrected chi connectivity index (χ2v) is 5.57. The summed E-state index contributed by atoms with van der Waals surface area (Å²) in [7, 11) is 0. The number of benzene rings is 2.